The van der Waals surface area contributed by atoms with E-state index in [-0.39, 0.29) is 19.2 Å². The molecule has 1 fully saturated rings. The molecule has 0 aromatic carbocycles. The number of hydrogen-bond donors (Lipinski definition) is 2. The smallest absolute Gasteiger partial charge is 0.320 e. The first-order valence-corrected chi connectivity index (χ1v) is 6.05. The molecule has 5 heteroatoms. The van der Waals surface area contributed by atoms with Crippen molar-refractivity contribution >= 4 is 6.03 Å². The van der Waals surface area contributed by atoms with E-state index in [1.54, 1.807) is 0 Å². The molecular weight excluding hydrogens is 208 g/mol. The monoisotopic (exact) mass is 230 g/mol. The predicted molar refractivity (Wildman–Crippen MR) is 61.2 cm³/mol. The van der Waals surface area contributed by atoms with Gasteiger partial charge in [0.05, 0.1) is 13.2 Å². The van der Waals surface area contributed by atoms with Gasteiger partial charge in [0, 0.05) is 26.2 Å². The highest BCUT2D eigenvalue weighted by Gasteiger charge is 2.20. The Morgan fingerprint density at radius 2 is 1.50 bits per heavy atom. The maximum atomic E-state index is 12.1. The molecule has 94 valence electrons. The van der Waals surface area contributed by atoms with Crippen molar-refractivity contribution in [3.05, 3.63) is 0 Å². The summed E-state index contributed by atoms with van der Waals surface area (Å²) in [5.74, 6) is 0. The van der Waals surface area contributed by atoms with Gasteiger partial charge in [0.2, 0.25) is 0 Å². The van der Waals surface area contributed by atoms with E-state index in [0.29, 0.717) is 13.1 Å². The molecule has 16 heavy (non-hydrogen) atoms. The molecule has 5 nitrogen and oxygen atoms in total. The van der Waals surface area contributed by atoms with E-state index in [2.05, 4.69) is 0 Å². The summed E-state index contributed by atoms with van der Waals surface area (Å²) in [6, 6.07) is -0.0509. The van der Waals surface area contributed by atoms with Gasteiger partial charge in [-0.2, -0.15) is 0 Å². The third-order valence-electron chi connectivity index (χ3n) is 2.89. The van der Waals surface area contributed by atoms with Gasteiger partial charge in [-0.15, -0.1) is 0 Å². The number of aliphatic hydroxyl groups excluding tert-OH is 2. The molecule has 0 spiro atoms. The number of carbonyl (C=O) groups is 1. The van der Waals surface area contributed by atoms with Crippen molar-refractivity contribution in [2.45, 2.75) is 25.7 Å². The Kier molecular flexibility index (Phi) is 6.18. The van der Waals surface area contributed by atoms with Crippen molar-refractivity contribution in [3.63, 3.8) is 0 Å². The quantitative estimate of drug-likeness (QED) is 0.728. The van der Waals surface area contributed by atoms with Crippen molar-refractivity contribution in [1.29, 1.82) is 0 Å². The lowest BCUT2D eigenvalue weighted by Crippen LogP contribution is -2.45. The number of nitrogens with zero attached hydrogens (tertiary/aromatic N) is 2. The molecule has 0 atom stereocenters. The molecule has 0 aliphatic carbocycles. The minimum absolute atomic E-state index is 0.0509. The van der Waals surface area contributed by atoms with E-state index in [1.807, 2.05) is 4.90 Å². The second kappa shape index (κ2) is 7.46. The van der Waals surface area contributed by atoms with Gasteiger partial charge >= 0.3 is 6.03 Å². The van der Waals surface area contributed by atoms with Crippen LogP contribution < -0.4 is 0 Å². The van der Waals surface area contributed by atoms with Crippen molar-refractivity contribution < 1.29 is 15.0 Å². The standard InChI is InChI=1S/C11H22N2O3/c14-9-7-13(8-10-15)11(16)12-5-3-1-2-4-6-12/h14-15H,1-10H2. The molecule has 1 saturated heterocycles. The second-order valence-corrected chi connectivity index (χ2v) is 4.12. The third kappa shape index (κ3) is 3.98. The van der Waals surface area contributed by atoms with E-state index in [0.717, 1.165) is 25.9 Å². The molecule has 0 aromatic heterocycles. The molecule has 0 saturated carbocycles. The Balaban J connectivity index is 2.49. The highest BCUT2D eigenvalue weighted by atomic mass is 16.3. The Morgan fingerprint density at radius 3 is 1.94 bits per heavy atom. The predicted octanol–water partition coefficient (Wildman–Crippen LogP) is 0.269. The summed E-state index contributed by atoms with van der Waals surface area (Å²) in [5.41, 5.74) is 0. The minimum Gasteiger partial charge on any atom is -0.395 e. The summed E-state index contributed by atoms with van der Waals surface area (Å²) < 4.78 is 0. The summed E-state index contributed by atoms with van der Waals surface area (Å²) >= 11 is 0. The summed E-state index contributed by atoms with van der Waals surface area (Å²) in [6.45, 7) is 2.09. The van der Waals surface area contributed by atoms with Crippen LogP contribution in [0.5, 0.6) is 0 Å². The molecule has 0 unspecified atom stereocenters. The number of carbonyl (C=O) groups excluding carboxylic acids is 1. The largest absolute Gasteiger partial charge is 0.395 e. The molecule has 0 bridgehead atoms. The van der Waals surface area contributed by atoms with Crippen LogP contribution in [0, 0.1) is 0 Å². The van der Waals surface area contributed by atoms with Gasteiger partial charge in [-0.25, -0.2) is 4.79 Å². The molecule has 0 radical (unpaired) electrons. The Morgan fingerprint density at radius 1 is 1.00 bits per heavy atom. The van der Waals surface area contributed by atoms with Crippen LogP contribution in [0.2, 0.25) is 0 Å². The maximum absolute atomic E-state index is 12.1. The highest BCUT2D eigenvalue weighted by Crippen LogP contribution is 2.11. The zero-order valence-electron chi connectivity index (χ0n) is 9.77. The molecule has 2 amide bonds. The topological polar surface area (TPSA) is 64.0 Å². The van der Waals surface area contributed by atoms with Crippen LogP contribution in [-0.2, 0) is 0 Å². The number of urea groups is 1. The fourth-order valence-electron chi connectivity index (χ4n) is 2.01. The molecule has 2 N–H and O–H groups in total. The highest BCUT2D eigenvalue weighted by molar-refractivity contribution is 5.74. The van der Waals surface area contributed by atoms with E-state index in [1.165, 1.54) is 17.7 Å². The first-order valence-electron chi connectivity index (χ1n) is 6.05. The fraction of sp³-hybridized carbons (Fsp3) is 0.909. The average molecular weight is 230 g/mol. The first-order chi connectivity index (χ1) is 7.79. The van der Waals surface area contributed by atoms with Gasteiger partial charge in [0.15, 0.2) is 0 Å². The number of rotatable bonds is 4. The normalized spacial score (nSPS) is 17.0. The Bertz CT molecular complexity index is 193. The number of amides is 2. The molecule has 1 heterocycles. The van der Waals surface area contributed by atoms with Crippen molar-refractivity contribution in [1.82, 2.24) is 9.80 Å². The average Bonchev–Trinajstić information content (AvgIpc) is 2.56. The fourth-order valence-corrected chi connectivity index (χ4v) is 2.01. The van der Waals surface area contributed by atoms with Crippen LogP contribution in [0.15, 0.2) is 0 Å². The van der Waals surface area contributed by atoms with Crippen LogP contribution in [0.25, 0.3) is 0 Å². The van der Waals surface area contributed by atoms with Gasteiger partial charge in [-0.3, -0.25) is 0 Å². The van der Waals surface area contributed by atoms with Crippen LogP contribution in [0.1, 0.15) is 25.7 Å². The molecule has 0 aromatic rings. The SMILES string of the molecule is O=C(N(CCO)CCO)N1CCCCCC1. The van der Waals surface area contributed by atoms with Gasteiger partial charge in [0.25, 0.3) is 0 Å². The number of likely N-dealkylation sites (tertiary alicyclic amines) is 1. The Hall–Kier alpha value is -0.810. The molecule has 1 rings (SSSR count). The van der Waals surface area contributed by atoms with E-state index >= 15 is 0 Å². The molecule has 1 aliphatic heterocycles. The lowest BCUT2D eigenvalue weighted by molar-refractivity contribution is 0.128. The van der Waals surface area contributed by atoms with Crippen molar-refractivity contribution in [2.75, 3.05) is 39.4 Å². The van der Waals surface area contributed by atoms with Crippen LogP contribution in [-0.4, -0.2) is 65.4 Å². The summed E-state index contributed by atoms with van der Waals surface area (Å²) in [5, 5.41) is 17.7. The zero-order valence-corrected chi connectivity index (χ0v) is 9.77. The van der Waals surface area contributed by atoms with Gasteiger partial charge in [0.1, 0.15) is 0 Å². The zero-order chi connectivity index (χ0) is 11.8. The number of aliphatic hydroxyl groups is 2. The lowest BCUT2D eigenvalue weighted by atomic mass is 10.2. The van der Waals surface area contributed by atoms with Gasteiger partial charge < -0.3 is 20.0 Å². The van der Waals surface area contributed by atoms with E-state index in [9.17, 15) is 4.79 Å². The number of hydrogen-bond acceptors (Lipinski definition) is 3. The van der Waals surface area contributed by atoms with Crippen LogP contribution >= 0.6 is 0 Å². The lowest BCUT2D eigenvalue weighted by Gasteiger charge is -2.29. The molecule has 1 aliphatic rings. The van der Waals surface area contributed by atoms with Crippen LogP contribution in [0.3, 0.4) is 0 Å². The van der Waals surface area contributed by atoms with Crippen molar-refractivity contribution in [3.8, 4) is 0 Å². The maximum Gasteiger partial charge on any atom is 0.320 e. The van der Waals surface area contributed by atoms with Gasteiger partial charge in [-0.05, 0) is 12.8 Å². The molecular formula is C11H22N2O3. The van der Waals surface area contributed by atoms with Gasteiger partial charge in [-0.1, -0.05) is 12.8 Å². The second-order valence-electron chi connectivity index (χ2n) is 4.12. The summed E-state index contributed by atoms with van der Waals surface area (Å²) in [6.07, 6.45) is 4.48. The van der Waals surface area contributed by atoms with Crippen LogP contribution in [0.4, 0.5) is 4.79 Å². The Labute approximate surface area is 96.7 Å². The third-order valence-corrected chi connectivity index (χ3v) is 2.89. The van der Waals surface area contributed by atoms with Crippen molar-refractivity contribution in [2.24, 2.45) is 0 Å². The van der Waals surface area contributed by atoms with E-state index in [4.69, 9.17) is 10.2 Å². The van der Waals surface area contributed by atoms with E-state index < -0.39 is 0 Å². The summed E-state index contributed by atoms with van der Waals surface area (Å²) in [7, 11) is 0. The summed E-state index contributed by atoms with van der Waals surface area (Å²) in [4.78, 5) is 15.4. The first kappa shape index (κ1) is 13.3. The minimum atomic E-state index is -0.0560.